The topological polar surface area (TPSA) is 29.5 Å². The Morgan fingerprint density at radius 2 is 1.84 bits per heavy atom. The Morgan fingerprint density at radius 1 is 1.05 bits per heavy atom. The Balaban J connectivity index is 1.88. The molecule has 2 aliphatic heterocycles. The second kappa shape index (κ2) is 3.85. The summed E-state index contributed by atoms with van der Waals surface area (Å²) in [4.78, 5) is 14.3. The van der Waals surface area contributed by atoms with E-state index >= 15 is 0 Å². The van der Waals surface area contributed by atoms with Crippen molar-refractivity contribution in [1.29, 1.82) is 0 Å². The Labute approximate surface area is 111 Å². The fourth-order valence-corrected chi connectivity index (χ4v) is 2.96. The molecule has 0 spiro atoms. The summed E-state index contributed by atoms with van der Waals surface area (Å²) in [7, 11) is 0. The van der Waals surface area contributed by atoms with Gasteiger partial charge in [-0.25, -0.2) is 4.79 Å². The SMILES string of the molecule is O=C1OC2c3ccccc3CCN2c2ccccc21. The van der Waals surface area contributed by atoms with Crippen LogP contribution in [-0.2, 0) is 11.2 Å². The van der Waals surface area contributed by atoms with Gasteiger partial charge in [0, 0.05) is 12.1 Å². The monoisotopic (exact) mass is 251 g/mol. The Hall–Kier alpha value is -2.29. The third-order valence-electron chi connectivity index (χ3n) is 3.88. The highest BCUT2D eigenvalue weighted by atomic mass is 16.6. The van der Waals surface area contributed by atoms with Crippen molar-refractivity contribution in [3.05, 3.63) is 65.2 Å². The molecule has 1 atom stereocenters. The van der Waals surface area contributed by atoms with Crippen LogP contribution in [0.2, 0.25) is 0 Å². The van der Waals surface area contributed by atoms with Crippen LogP contribution in [0.3, 0.4) is 0 Å². The average molecular weight is 251 g/mol. The van der Waals surface area contributed by atoms with Crippen LogP contribution in [0.4, 0.5) is 5.69 Å². The number of carbonyl (C=O) groups is 1. The molecule has 0 amide bonds. The number of carbonyl (C=O) groups excluding carboxylic acids is 1. The highest BCUT2D eigenvalue weighted by Crippen LogP contribution is 2.40. The summed E-state index contributed by atoms with van der Waals surface area (Å²) in [6, 6.07) is 15.9. The molecule has 0 radical (unpaired) electrons. The maximum absolute atomic E-state index is 12.1. The number of nitrogens with zero attached hydrogens (tertiary/aromatic N) is 1. The number of esters is 1. The Kier molecular flexibility index (Phi) is 2.15. The lowest BCUT2D eigenvalue weighted by atomic mass is 9.95. The average Bonchev–Trinajstić information content (AvgIpc) is 2.47. The summed E-state index contributed by atoms with van der Waals surface area (Å²) in [5, 5.41) is 0. The number of fused-ring (bicyclic) bond motifs is 5. The van der Waals surface area contributed by atoms with E-state index in [1.54, 1.807) is 0 Å². The maximum Gasteiger partial charge on any atom is 0.342 e. The summed E-state index contributed by atoms with van der Waals surface area (Å²) in [5.74, 6) is -0.228. The van der Waals surface area contributed by atoms with Crippen LogP contribution in [0.5, 0.6) is 0 Å². The molecule has 0 N–H and O–H groups in total. The number of rotatable bonds is 0. The molecule has 3 heteroatoms. The van der Waals surface area contributed by atoms with Gasteiger partial charge in [0.1, 0.15) is 0 Å². The maximum atomic E-state index is 12.1. The third kappa shape index (κ3) is 1.48. The van der Waals surface area contributed by atoms with Gasteiger partial charge in [0.25, 0.3) is 0 Å². The van der Waals surface area contributed by atoms with Gasteiger partial charge >= 0.3 is 5.97 Å². The largest absolute Gasteiger partial charge is 0.433 e. The molecular weight excluding hydrogens is 238 g/mol. The van der Waals surface area contributed by atoms with E-state index in [1.807, 2.05) is 42.5 Å². The Bertz CT molecular complexity index is 665. The molecule has 3 nitrogen and oxygen atoms in total. The second-order valence-electron chi connectivity index (χ2n) is 4.92. The first-order valence-corrected chi connectivity index (χ1v) is 6.49. The fraction of sp³-hybridized carbons (Fsp3) is 0.188. The van der Waals surface area contributed by atoms with Crippen LogP contribution < -0.4 is 4.90 Å². The van der Waals surface area contributed by atoms with Gasteiger partial charge in [-0.15, -0.1) is 0 Å². The predicted molar refractivity (Wildman–Crippen MR) is 72.1 cm³/mol. The second-order valence-corrected chi connectivity index (χ2v) is 4.92. The van der Waals surface area contributed by atoms with Crippen molar-refractivity contribution in [2.24, 2.45) is 0 Å². The highest BCUT2D eigenvalue weighted by molar-refractivity contribution is 5.97. The molecule has 0 fully saturated rings. The smallest absolute Gasteiger partial charge is 0.342 e. The Morgan fingerprint density at radius 3 is 2.79 bits per heavy atom. The van der Waals surface area contributed by atoms with Gasteiger partial charge in [-0.1, -0.05) is 36.4 Å². The number of benzene rings is 2. The molecule has 2 aromatic rings. The van der Waals surface area contributed by atoms with Crippen LogP contribution in [0.25, 0.3) is 0 Å². The number of para-hydroxylation sites is 1. The van der Waals surface area contributed by atoms with E-state index < -0.39 is 0 Å². The predicted octanol–water partition coefficient (Wildman–Crippen LogP) is 2.92. The zero-order valence-electron chi connectivity index (χ0n) is 10.4. The van der Waals surface area contributed by atoms with Gasteiger partial charge in [0.05, 0.1) is 11.3 Å². The first-order chi connectivity index (χ1) is 9.34. The lowest BCUT2D eigenvalue weighted by Gasteiger charge is -2.41. The first-order valence-electron chi connectivity index (χ1n) is 6.49. The molecule has 0 saturated heterocycles. The van der Waals surface area contributed by atoms with E-state index in [9.17, 15) is 4.79 Å². The first kappa shape index (κ1) is 10.6. The van der Waals surface area contributed by atoms with Gasteiger partial charge in [-0.3, -0.25) is 0 Å². The van der Waals surface area contributed by atoms with E-state index in [0.717, 1.165) is 24.2 Å². The van der Waals surface area contributed by atoms with Gasteiger partial charge in [0.2, 0.25) is 6.23 Å². The third-order valence-corrected chi connectivity index (χ3v) is 3.88. The highest BCUT2D eigenvalue weighted by Gasteiger charge is 2.36. The van der Waals surface area contributed by atoms with Crippen molar-refractivity contribution in [2.75, 3.05) is 11.4 Å². The normalized spacial score (nSPS) is 20.1. The van der Waals surface area contributed by atoms with Crippen LogP contribution in [0.1, 0.15) is 27.7 Å². The van der Waals surface area contributed by atoms with E-state index in [4.69, 9.17) is 4.74 Å². The molecule has 0 aliphatic carbocycles. The van der Waals surface area contributed by atoms with Crippen LogP contribution in [0.15, 0.2) is 48.5 Å². The fourth-order valence-electron chi connectivity index (χ4n) is 2.96. The van der Waals surface area contributed by atoms with Crippen LogP contribution in [0, 0.1) is 0 Å². The van der Waals surface area contributed by atoms with Crippen molar-refractivity contribution >= 4 is 11.7 Å². The van der Waals surface area contributed by atoms with E-state index in [2.05, 4.69) is 11.0 Å². The van der Waals surface area contributed by atoms with Gasteiger partial charge in [-0.05, 0) is 24.1 Å². The molecule has 94 valence electrons. The number of ether oxygens (including phenoxy) is 1. The molecule has 4 rings (SSSR count). The minimum Gasteiger partial charge on any atom is -0.433 e. The standard InChI is InChI=1S/C16H13NO2/c18-16-13-7-3-4-8-14(13)17-10-9-11-5-1-2-6-12(11)15(17)19-16/h1-8,15H,9-10H2. The van der Waals surface area contributed by atoms with Crippen molar-refractivity contribution in [2.45, 2.75) is 12.6 Å². The molecule has 1 unspecified atom stereocenters. The van der Waals surface area contributed by atoms with E-state index in [-0.39, 0.29) is 12.2 Å². The molecule has 0 saturated carbocycles. The zero-order valence-corrected chi connectivity index (χ0v) is 10.4. The van der Waals surface area contributed by atoms with Crippen molar-refractivity contribution < 1.29 is 9.53 Å². The molecule has 0 bridgehead atoms. The summed E-state index contributed by atoms with van der Waals surface area (Å²) >= 11 is 0. The lowest BCUT2D eigenvalue weighted by Crippen LogP contribution is -2.42. The summed E-state index contributed by atoms with van der Waals surface area (Å²) in [6.45, 7) is 0.881. The summed E-state index contributed by atoms with van der Waals surface area (Å²) in [6.07, 6.45) is 0.714. The van der Waals surface area contributed by atoms with Gasteiger partial charge < -0.3 is 9.64 Å². The minimum atomic E-state index is -0.271. The minimum absolute atomic E-state index is 0.228. The summed E-state index contributed by atoms with van der Waals surface area (Å²) < 4.78 is 5.63. The van der Waals surface area contributed by atoms with Crippen LogP contribution in [-0.4, -0.2) is 12.5 Å². The number of hydrogen-bond donors (Lipinski definition) is 0. The van der Waals surface area contributed by atoms with Crippen LogP contribution >= 0.6 is 0 Å². The van der Waals surface area contributed by atoms with Crippen molar-refractivity contribution in [3.63, 3.8) is 0 Å². The van der Waals surface area contributed by atoms with E-state index in [1.165, 1.54) is 5.56 Å². The molecule has 2 heterocycles. The van der Waals surface area contributed by atoms with Gasteiger partial charge in [0.15, 0.2) is 0 Å². The number of anilines is 1. The molecule has 2 aromatic carbocycles. The molecular formula is C16H13NO2. The van der Waals surface area contributed by atoms with Gasteiger partial charge in [-0.2, -0.15) is 0 Å². The number of hydrogen-bond acceptors (Lipinski definition) is 3. The van der Waals surface area contributed by atoms with E-state index in [0.29, 0.717) is 5.56 Å². The lowest BCUT2D eigenvalue weighted by molar-refractivity contribution is 0.0236. The summed E-state index contributed by atoms with van der Waals surface area (Å²) in [5.41, 5.74) is 4.03. The quantitative estimate of drug-likeness (QED) is 0.674. The van der Waals surface area contributed by atoms with Crippen molar-refractivity contribution in [3.8, 4) is 0 Å². The molecule has 19 heavy (non-hydrogen) atoms. The van der Waals surface area contributed by atoms with Crippen molar-refractivity contribution in [1.82, 2.24) is 0 Å². The molecule has 0 aromatic heterocycles. The molecule has 2 aliphatic rings. The zero-order chi connectivity index (χ0) is 12.8.